The third kappa shape index (κ3) is 3.20. The van der Waals surface area contributed by atoms with Crippen LogP contribution in [0.2, 0.25) is 0 Å². The number of benzene rings is 2. The molecule has 1 saturated carbocycles. The van der Waals surface area contributed by atoms with Gasteiger partial charge in [-0.1, -0.05) is 62.4 Å². The van der Waals surface area contributed by atoms with Crippen molar-refractivity contribution in [3.63, 3.8) is 0 Å². The van der Waals surface area contributed by atoms with Gasteiger partial charge in [-0.25, -0.2) is 0 Å². The van der Waals surface area contributed by atoms with E-state index in [2.05, 4.69) is 124 Å². The summed E-state index contributed by atoms with van der Waals surface area (Å²) in [5.74, 6) is 0.693. The van der Waals surface area contributed by atoms with Crippen LogP contribution in [-0.4, -0.2) is 24.4 Å². The molecule has 2 heteroatoms. The second-order valence-corrected chi connectivity index (χ2v) is 10.6. The van der Waals surface area contributed by atoms with Gasteiger partial charge in [0.15, 0.2) is 5.71 Å². The van der Waals surface area contributed by atoms with E-state index in [1.54, 1.807) is 0 Å². The van der Waals surface area contributed by atoms with Gasteiger partial charge in [0, 0.05) is 41.6 Å². The number of anilines is 1. The van der Waals surface area contributed by atoms with Crippen LogP contribution in [0.4, 0.5) is 11.4 Å². The Morgan fingerprint density at radius 3 is 2.25 bits per heavy atom. The van der Waals surface area contributed by atoms with Gasteiger partial charge in [0.2, 0.25) is 5.69 Å². The Hall–Kier alpha value is -2.87. The summed E-state index contributed by atoms with van der Waals surface area (Å²) in [6.45, 7) is 9.35. The Labute approximate surface area is 193 Å². The Balaban J connectivity index is 1.49. The third-order valence-corrected chi connectivity index (χ3v) is 7.80. The summed E-state index contributed by atoms with van der Waals surface area (Å²) in [5, 5.41) is 0. The van der Waals surface area contributed by atoms with Crippen molar-refractivity contribution >= 4 is 17.1 Å². The smallest absolute Gasteiger partial charge is 0.209 e. The zero-order valence-electron chi connectivity index (χ0n) is 20.3. The minimum Gasteiger partial charge on any atom is -0.347 e. The topological polar surface area (TPSA) is 6.25 Å². The van der Waals surface area contributed by atoms with Crippen LogP contribution >= 0.6 is 0 Å². The second-order valence-electron chi connectivity index (χ2n) is 10.6. The van der Waals surface area contributed by atoms with Gasteiger partial charge in [-0.05, 0) is 55.9 Å². The van der Waals surface area contributed by atoms with Crippen LogP contribution in [0.1, 0.15) is 51.7 Å². The van der Waals surface area contributed by atoms with Crippen molar-refractivity contribution in [3.05, 3.63) is 95.2 Å². The van der Waals surface area contributed by atoms with Crippen LogP contribution in [-0.2, 0) is 10.8 Å². The lowest BCUT2D eigenvalue weighted by Gasteiger charge is -2.23. The third-order valence-electron chi connectivity index (χ3n) is 7.80. The fourth-order valence-corrected chi connectivity index (χ4v) is 5.70. The van der Waals surface area contributed by atoms with Gasteiger partial charge in [-0.15, -0.1) is 0 Å². The highest BCUT2D eigenvalue weighted by Gasteiger charge is 2.42. The molecule has 2 aromatic carbocycles. The Kier molecular flexibility index (Phi) is 4.81. The van der Waals surface area contributed by atoms with Crippen LogP contribution < -0.4 is 4.90 Å². The van der Waals surface area contributed by atoms with E-state index in [0.29, 0.717) is 5.92 Å². The molecule has 0 amide bonds. The molecule has 1 aliphatic carbocycles. The first-order valence-corrected chi connectivity index (χ1v) is 11.9. The number of hydrogen-bond donors (Lipinski definition) is 0. The zero-order valence-corrected chi connectivity index (χ0v) is 20.3. The molecule has 164 valence electrons. The van der Waals surface area contributed by atoms with Crippen molar-refractivity contribution in [2.24, 2.45) is 5.92 Å². The van der Waals surface area contributed by atoms with E-state index in [-0.39, 0.29) is 10.8 Å². The van der Waals surface area contributed by atoms with Gasteiger partial charge in [0.1, 0.15) is 7.05 Å². The van der Waals surface area contributed by atoms with E-state index < -0.39 is 0 Å². The molecule has 0 bridgehead atoms. The number of rotatable bonds is 4. The van der Waals surface area contributed by atoms with E-state index in [0.717, 1.165) is 0 Å². The van der Waals surface area contributed by atoms with Gasteiger partial charge in [0.25, 0.3) is 0 Å². The Bertz CT molecular complexity index is 1200. The molecule has 5 rings (SSSR count). The van der Waals surface area contributed by atoms with E-state index in [4.69, 9.17) is 0 Å². The maximum absolute atomic E-state index is 2.38. The van der Waals surface area contributed by atoms with Gasteiger partial charge in [-0.2, -0.15) is 4.58 Å². The minimum atomic E-state index is 0.0181. The highest BCUT2D eigenvalue weighted by molar-refractivity contribution is 6.03. The second kappa shape index (κ2) is 7.33. The molecule has 0 radical (unpaired) electrons. The highest BCUT2D eigenvalue weighted by Crippen LogP contribution is 2.47. The molecular weight excluding hydrogens is 388 g/mol. The van der Waals surface area contributed by atoms with Crippen LogP contribution in [0, 0.1) is 5.92 Å². The lowest BCUT2D eigenvalue weighted by Crippen LogP contribution is -2.26. The predicted molar refractivity (Wildman–Crippen MR) is 136 cm³/mol. The van der Waals surface area contributed by atoms with E-state index in [1.807, 2.05) is 0 Å². The molecule has 0 spiro atoms. The summed E-state index contributed by atoms with van der Waals surface area (Å²) in [6.07, 6.45) is 12.1. The summed E-state index contributed by atoms with van der Waals surface area (Å²) in [6, 6.07) is 17.6. The van der Waals surface area contributed by atoms with E-state index >= 15 is 0 Å². The number of likely N-dealkylation sites (N-methyl/N-ethyl adjacent to an activating group) is 1. The molecular formula is C30H35N2+. The number of allylic oxidation sites excluding steroid dienone is 6. The summed E-state index contributed by atoms with van der Waals surface area (Å²) in [4.78, 5) is 2.36. The molecule has 0 saturated heterocycles. The highest BCUT2D eigenvalue weighted by atomic mass is 15.2. The SMILES string of the molecule is CN1/C(=C/C=C(/C=C/C2=[N+](C)c3ccccc3C2(C)C)C2CC2)C(C)(C)c2ccccc21. The number of para-hydroxylation sites is 2. The van der Waals surface area contributed by atoms with Crippen molar-refractivity contribution in [1.29, 1.82) is 0 Å². The van der Waals surface area contributed by atoms with Crippen LogP contribution in [0.3, 0.4) is 0 Å². The van der Waals surface area contributed by atoms with E-state index in [9.17, 15) is 0 Å². The number of nitrogens with zero attached hydrogens (tertiary/aromatic N) is 2. The number of hydrogen-bond acceptors (Lipinski definition) is 1. The fraction of sp³-hybridized carbons (Fsp3) is 0.367. The molecule has 2 nitrogen and oxygen atoms in total. The fourth-order valence-electron chi connectivity index (χ4n) is 5.70. The standard InChI is InChI=1S/C30H35N2/c1-29(2)23-11-7-9-13-25(23)31(5)27(29)19-17-22(21-15-16-21)18-20-28-30(3,4)24-12-8-10-14-26(24)32(28)6/h7-14,17-21H,15-16H2,1-6H3/q+1. The molecule has 0 aromatic heterocycles. The van der Waals surface area contributed by atoms with Crippen molar-refractivity contribution in [2.75, 3.05) is 19.0 Å². The summed E-state index contributed by atoms with van der Waals surface area (Å²) in [5.41, 5.74) is 9.68. The summed E-state index contributed by atoms with van der Waals surface area (Å²) >= 11 is 0. The first kappa shape index (κ1) is 21.0. The summed E-state index contributed by atoms with van der Waals surface area (Å²) < 4.78 is 2.36. The molecule has 0 unspecified atom stereocenters. The maximum Gasteiger partial charge on any atom is 0.209 e. The molecule has 0 atom stereocenters. The first-order valence-electron chi connectivity index (χ1n) is 11.9. The molecule has 32 heavy (non-hydrogen) atoms. The molecule has 2 heterocycles. The minimum absolute atomic E-state index is 0.0181. The monoisotopic (exact) mass is 423 g/mol. The first-order chi connectivity index (χ1) is 15.2. The van der Waals surface area contributed by atoms with Gasteiger partial charge < -0.3 is 4.90 Å². The van der Waals surface area contributed by atoms with Crippen LogP contribution in [0.15, 0.2) is 84.1 Å². The van der Waals surface area contributed by atoms with Crippen molar-refractivity contribution in [3.8, 4) is 0 Å². The normalized spacial score (nSPS) is 22.8. The quantitative estimate of drug-likeness (QED) is 0.383. The predicted octanol–water partition coefficient (Wildman–Crippen LogP) is 6.90. The molecule has 0 N–H and O–H groups in total. The van der Waals surface area contributed by atoms with Crippen molar-refractivity contribution < 1.29 is 4.58 Å². The molecule has 2 aliphatic heterocycles. The maximum atomic E-state index is 2.38. The lowest BCUT2D eigenvalue weighted by molar-refractivity contribution is -0.401. The molecule has 3 aliphatic rings. The van der Waals surface area contributed by atoms with Crippen molar-refractivity contribution in [2.45, 2.75) is 51.4 Å². The Morgan fingerprint density at radius 1 is 0.938 bits per heavy atom. The average molecular weight is 424 g/mol. The largest absolute Gasteiger partial charge is 0.347 e. The molecule has 1 fully saturated rings. The van der Waals surface area contributed by atoms with Crippen molar-refractivity contribution in [1.82, 2.24) is 0 Å². The number of fused-ring (bicyclic) bond motifs is 2. The van der Waals surface area contributed by atoms with Gasteiger partial charge in [0.05, 0.1) is 5.41 Å². The van der Waals surface area contributed by atoms with Gasteiger partial charge >= 0.3 is 0 Å². The van der Waals surface area contributed by atoms with Gasteiger partial charge in [-0.3, -0.25) is 0 Å². The Morgan fingerprint density at radius 2 is 1.59 bits per heavy atom. The molecule has 2 aromatic rings. The van der Waals surface area contributed by atoms with Crippen LogP contribution in [0.25, 0.3) is 0 Å². The lowest BCUT2D eigenvalue weighted by atomic mass is 9.81. The average Bonchev–Trinajstić information content (AvgIpc) is 3.57. The zero-order chi connectivity index (χ0) is 22.7. The van der Waals surface area contributed by atoms with E-state index in [1.165, 1.54) is 52.3 Å². The summed E-state index contributed by atoms with van der Waals surface area (Å²) in [7, 11) is 4.39. The van der Waals surface area contributed by atoms with Crippen LogP contribution in [0.5, 0.6) is 0 Å².